The maximum Gasteiger partial charge on any atom is 0.251 e. The summed E-state index contributed by atoms with van der Waals surface area (Å²) in [6.45, 7) is 1.31. The molecule has 5 nitrogen and oxygen atoms in total. The number of rotatable bonds is 8. The second-order valence-corrected chi connectivity index (χ2v) is 8.09. The molecule has 1 aliphatic rings. The fraction of sp³-hybridized carbons (Fsp3) is 0.364. The first-order chi connectivity index (χ1) is 13.4. The van der Waals surface area contributed by atoms with Crippen molar-refractivity contribution in [1.29, 1.82) is 0 Å². The number of nitrogens with one attached hydrogen (secondary N) is 2. The van der Waals surface area contributed by atoms with Crippen molar-refractivity contribution in [3.63, 3.8) is 0 Å². The fourth-order valence-electron chi connectivity index (χ4n) is 3.42. The second-order valence-electron chi connectivity index (χ2n) is 7.66. The van der Waals surface area contributed by atoms with Crippen LogP contribution in [0.3, 0.4) is 0 Å². The van der Waals surface area contributed by atoms with E-state index in [2.05, 4.69) is 41.8 Å². The molecule has 6 heteroatoms. The van der Waals surface area contributed by atoms with Crippen LogP contribution in [0.15, 0.2) is 48.5 Å². The third kappa shape index (κ3) is 5.33. The molecule has 3 rings (SSSR count). The number of carbonyl (C=O) groups excluding carboxylic acids is 2. The van der Waals surface area contributed by atoms with Gasteiger partial charge in [0.2, 0.25) is 5.91 Å². The van der Waals surface area contributed by atoms with Crippen LogP contribution in [0.5, 0.6) is 0 Å². The van der Waals surface area contributed by atoms with Crippen LogP contribution in [0.25, 0.3) is 0 Å². The average Bonchev–Trinajstić information content (AvgIpc) is 3.43. The van der Waals surface area contributed by atoms with E-state index in [9.17, 15) is 9.59 Å². The largest absolute Gasteiger partial charge is 0.352 e. The number of halogens is 1. The van der Waals surface area contributed by atoms with Gasteiger partial charge < -0.3 is 15.5 Å². The smallest absolute Gasteiger partial charge is 0.251 e. The first kappa shape index (κ1) is 20.4. The molecule has 2 aromatic carbocycles. The van der Waals surface area contributed by atoms with Crippen LogP contribution in [0.2, 0.25) is 5.02 Å². The Kier molecular flexibility index (Phi) is 6.37. The van der Waals surface area contributed by atoms with Crippen LogP contribution >= 0.6 is 11.6 Å². The van der Waals surface area contributed by atoms with Crippen LogP contribution < -0.4 is 10.6 Å². The number of benzene rings is 2. The Hall–Kier alpha value is -2.37. The van der Waals surface area contributed by atoms with E-state index in [-0.39, 0.29) is 30.2 Å². The van der Waals surface area contributed by atoms with Crippen LogP contribution in [0, 0.1) is 0 Å². The third-order valence-electron chi connectivity index (χ3n) is 5.00. The Morgan fingerprint density at radius 1 is 1.04 bits per heavy atom. The molecule has 0 radical (unpaired) electrons. The zero-order valence-electron chi connectivity index (χ0n) is 16.3. The summed E-state index contributed by atoms with van der Waals surface area (Å²) >= 11 is 5.82. The molecule has 2 amide bonds. The van der Waals surface area contributed by atoms with Crippen LogP contribution in [0.4, 0.5) is 5.69 Å². The Labute approximate surface area is 171 Å². The SMILES string of the molecule is CN(C)CC1(c2ccc(C(=O)NCCC(=O)Nc3ccc(Cl)cc3)cc2)CC1. The molecule has 0 aromatic heterocycles. The van der Waals surface area contributed by atoms with E-state index in [1.807, 2.05) is 12.1 Å². The minimum Gasteiger partial charge on any atom is -0.352 e. The van der Waals surface area contributed by atoms with E-state index in [4.69, 9.17) is 11.6 Å². The number of anilines is 1. The molecule has 0 spiro atoms. The molecule has 0 saturated heterocycles. The highest BCUT2D eigenvalue weighted by atomic mass is 35.5. The minimum absolute atomic E-state index is 0.155. The van der Waals surface area contributed by atoms with Crippen molar-refractivity contribution in [3.05, 3.63) is 64.7 Å². The van der Waals surface area contributed by atoms with Gasteiger partial charge in [0.25, 0.3) is 5.91 Å². The van der Waals surface area contributed by atoms with Crippen molar-refractivity contribution in [3.8, 4) is 0 Å². The summed E-state index contributed by atoms with van der Waals surface area (Å²) < 4.78 is 0. The third-order valence-corrected chi connectivity index (χ3v) is 5.25. The van der Waals surface area contributed by atoms with Crippen LogP contribution in [-0.4, -0.2) is 43.9 Å². The van der Waals surface area contributed by atoms with E-state index in [1.165, 1.54) is 18.4 Å². The first-order valence-corrected chi connectivity index (χ1v) is 9.85. The van der Waals surface area contributed by atoms with Crippen molar-refractivity contribution in [1.82, 2.24) is 10.2 Å². The van der Waals surface area contributed by atoms with Gasteiger partial charge in [0.05, 0.1) is 0 Å². The van der Waals surface area contributed by atoms with Gasteiger partial charge in [-0.1, -0.05) is 23.7 Å². The van der Waals surface area contributed by atoms with E-state index in [1.54, 1.807) is 24.3 Å². The molecular formula is C22H26ClN3O2. The lowest BCUT2D eigenvalue weighted by Crippen LogP contribution is -2.28. The number of likely N-dealkylation sites (N-methyl/N-ethyl adjacent to an activating group) is 1. The van der Waals surface area contributed by atoms with E-state index < -0.39 is 0 Å². The Morgan fingerprint density at radius 3 is 2.25 bits per heavy atom. The summed E-state index contributed by atoms with van der Waals surface area (Å²) in [7, 11) is 4.18. The molecule has 2 N–H and O–H groups in total. The van der Waals surface area contributed by atoms with Crippen molar-refractivity contribution >= 4 is 29.1 Å². The second kappa shape index (κ2) is 8.76. The topological polar surface area (TPSA) is 61.4 Å². The number of nitrogens with zero attached hydrogens (tertiary/aromatic N) is 1. The molecule has 28 heavy (non-hydrogen) atoms. The zero-order valence-corrected chi connectivity index (χ0v) is 17.1. The van der Waals surface area contributed by atoms with Gasteiger partial charge in [-0.25, -0.2) is 0 Å². The van der Waals surface area contributed by atoms with Gasteiger partial charge in [0.1, 0.15) is 0 Å². The highest BCUT2D eigenvalue weighted by molar-refractivity contribution is 6.30. The monoisotopic (exact) mass is 399 g/mol. The zero-order chi connectivity index (χ0) is 20.1. The summed E-state index contributed by atoms with van der Waals surface area (Å²) in [6.07, 6.45) is 2.59. The van der Waals surface area contributed by atoms with E-state index in [0.29, 0.717) is 16.3 Å². The maximum absolute atomic E-state index is 12.3. The normalized spacial score (nSPS) is 14.6. The Balaban J connectivity index is 1.46. The highest BCUT2D eigenvalue weighted by Crippen LogP contribution is 2.48. The summed E-state index contributed by atoms with van der Waals surface area (Å²) in [5.74, 6) is -0.319. The van der Waals surface area contributed by atoms with Gasteiger partial charge in [-0.05, 0) is 68.9 Å². The molecule has 2 aromatic rings. The van der Waals surface area contributed by atoms with Gasteiger partial charge in [-0.15, -0.1) is 0 Å². The van der Waals surface area contributed by atoms with Crippen molar-refractivity contribution < 1.29 is 9.59 Å². The molecule has 0 aliphatic heterocycles. The van der Waals surface area contributed by atoms with Crippen molar-refractivity contribution in [2.24, 2.45) is 0 Å². The van der Waals surface area contributed by atoms with Crippen LogP contribution in [0.1, 0.15) is 35.2 Å². The number of hydrogen-bond donors (Lipinski definition) is 2. The lowest BCUT2D eigenvalue weighted by atomic mass is 9.94. The van der Waals surface area contributed by atoms with Crippen molar-refractivity contribution in [2.45, 2.75) is 24.7 Å². The molecule has 0 unspecified atom stereocenters. The Bertz CT molecular complexity index is 828. The standard InChI is InChI=1S/C22H26ClN3O2/c1-26(2)15-22(12-13-22)17-5-3-16(4-6-17)21(28)24-14-11-20(27)25-19-9-7-18(23)8-10-19/h3-10H,11-15H2,1-2H3,(H,24,28)(H,25,27). The summed E-state index contributed by atoms with van der Waals surface area (Å²) in [6, 6.07) is 14.8. The molecule has 0 atom stereocenters. The molecule has 1 fully saturated rings. The molecule has 1 aliphatic carbocycles. The quantitative estimate of drug-likeness (QED) is 0.711. The van der Waals surface area contributed by atoms with Gasteiger partial charge in [-0.2, -0.15) is 0 Å². The fourth-order valence-corrected chi connectivity index (χ4v) is 3.54. The van der Waals surface area contributed by atoms with Gasteiger partial charge in [-0.3, -0.25) is 9.59 Å². The number of amides is 2. The number of hydrogen-bond acceptors (Lipinski definition) is 3. The lowest BCUT2D eigenvalue weighted by Gasteiger charge is -2.20. The summed E-state index contributed by atoms with van der Waals surface area (Å²) in [4.78, 5) is 26.5. The van der Waals surface area contributed by atoms with Crippen LogP contribution in [-0.2, 0) is 10.2 Å². The predicted molar refractivity (Wildman–Crippen MR) is 113 cm³/mol. The molecule has 1 saturated carbocycles. The first-order valence-electron chi connectivity index (χ1n) is 9.47. The Morgan fingerprint density at radius 2 is 1.68 bits per heavy atom. The number of carbonyl (C=O) groups is 2. The molecule has 0 bridgehead atoms. The highest BCUT2D eigenvalue weighted by Gasteiger charge is 2.44. The molecule has 0 heterocycles. The van der Waals surface area contributed by atoms with E-state index in [0.717, 1.165) is 6.54 Å². The lowest BCUT2D eigenvalue weighted by molar-refractivity contribution is -0.116. The predicted octanol–water partition coefficient (Wildman–Crippen LogP) is 3.69. The summed E-state index contributed by atoms with van der Waals surface area (Å²) in [5, 5.41) is 6.19. The molecular weight excluding hydrogens is 374 g/mol. The maximum atomic E-state index is 12.3. The summed E-state index contributed by atoms with van der Waals surface area (Å²) in [5.41, 5.74) is 2.84. The van der Waals surface area contributed by atoms with E-state index >= 15 is 0 Å². The van der Waals surface area contributed by atoms with Gasteiger partial charge >= 0.3 is 0 Å². The van der Waals surface area contributed by atoms with Gasteiger partial charge in [0.15, 0.2) is 0 Å². The molecule has 148 valence electrons. The average molecular weight is 400 g/mol. The van der Waals surface area contributed by atoms with Gasteiger partial charge in [0, 0.05) is 41.2 Å². The van der Waals surface area contributed by atoms with Crippen molar-refractivity contribution in [2.75, 3.05) is 32.5 Å². The minimum atomic E-state index is -0.164.